The summed E-state index contributed by atoms with van der Waals surface area (Å²) < 4.78 is 0. The molecular formula is C12H10Cl2N2S. The molecule has 0 saturated heterocycles. The van der Waals surface area contributed by atoms with Gasteiger partial charge in [-0.25, -0.2) is 0 Å². The van der Waals surface area contributed by atoms with Crippen molar-refractivity contribution >= 4 is 40.7 Å². The average Bonchev–Trinajstić information content (AvgIpc) is 2.32. The van der Waals surface area contributed by atoms with Crippen LogP contribution in [-0.2, 0) is 5.75 Å². The molecule has 0 saturated carbocycles. The Morgan fingerprint density at radius 1 is 1.18 bits per heavy atom. The normalized spacial score (nSPS) is 10.5. The van der Waals surface area contributed by atoms with Gasteiger partial charge in [-0.3, -0.25) is 4.98 Å². The molecule has 0 radical (unpaired) electrons. The molecular weight excluding hydrogens is 275 g/mol. The van der Waals surface area contributed by atoms with E-state index in [1.807, 2.05) is 12.1 Å². The van der Waals surface area contributed by atoms with Gasteiger partial charge in [0.2, 0.25) is 0 Å². The molecule has 0 aliphatic heterocycles. The number of pyridine rings is 1. The summed E-state index contributed by atoms with van der Waals surface area (Å²) in [5.74, 6) is 0.741. The van der Waals surface area contributed by atoms with E-state index in [0.29, 0.717) is 15.7 Å². The SMILES string of the molecule is Nc1ccc(Cl)c(SCc2ccncc2Cl)c1. The lowest BCUT2D eigenvalue weighted by atomic mass is 10.3. The second-order valence-corrected chi connectivity index (χ2v) is 5.28. The fourth-order valence-corrected chi connectivity index (χ4v) is 2.84. The summed E-state index contributed by atoms with van der Waals surface area (Å²) in [5, 5.41) is 1.37. The molecule has 17 heavy (non-hydrogen) atoms. The maximum atomic E-state index is 6.08. The maximum Gasteiger partial charge on any atom is 0.0629 e. The van der Waals surface area contributed by atoms with E-state index >= 15 is 0 Å². The average molecular weight is 285 g/mol. The second kappa shape index (κ2) is 5.63. The van der Waals surface area contributed by atoms with Crippen LogP contribution < -0.4 is 5.73 Å². The Bertz CT molecular complexity index is 532. The molecule has 0 fully saturated rings. The fourth-order valence-electron chi connectivity index (χ4n) is 1.31. The van der Waals surface area contributed by atoms with E-state index in [-0.39, 0.29) is 0 Å². The Hall–Kier alpha value is -0.900. The molecule has 2 aromatic rings. The molecule has 0 amide bonds. The van der Waals surface area contributed by atoms with E-state index in [0.717, 1.165) is 16.2 Å². The van der Waals surface area contributed by atoms with Gasteiger partial charge in [-0.15, -0.1) is 11.8 Å². The van der Waals surface area contributed by atoms with Gasteiger partial charge >= 0.3 is 0 Å². The van der Waals surface area contributed by atoms with Crippen LogP contribution in [0.2, 0.25) is 10.0 Å². The lowest BCUT2D eigenvalue weighted by Crippen LogP contribution is -1.87. The summed E-state index contributed by atoms with van der Waals surface area (Å²) in [6, 6.07) is 7.34. The minimum absolute atomic E-state index is 0.667. The van der Waals surface area contributed by atoms with Crippen molar-refractivity contribution in [2.24, 2.45) is 0 Å². The lowest BCUT2D eigenvalue weighted by Gasteiger charge is -2.06. The molecule has 0 unspecified atom stereocenters. The number of hydrogen-bond donors (Lipinski definition) is 1. The third kappa shape index (κ3) is 3.28. The number of benzene rings is 1. The minimum Gasteiger partial charge on any atom is -0.399 e. The van der Waals surface area contributed by atoms with Gasteiger partial charge in [0.1, 0.15) is 0 Å². The van der Waals surface area contributed by atoms with Crippen molar-refractivity contribution in [3.63, 3.8) is 0 Å². The van der Waals surface area contributed by atoms with E-state index in [9.17, 15) is 0 Å². The highest BCUT2D eigenvalue weighted by Gasteiger charge is 2.04. The Kier molecular flexibility index (Phi) is 4.15. The quantitative estimate of drug-likeness (QED) is 0.676. The van der Waals surface area contributed by atoms with Gasteiger partial charge in [0.05, 0.1) is 10.0 Å². The molecule has 2 N–H and O–H groups in total. The van der Waals surface area contributed by atoms with Crippen LogP contribution >= 0.6 is 35.0 Å². The number of nitrogens with zero attached hydrogens (tertiary/aromatic N) is 1. The van der Waals surface area contributed by atoms with Crippen molar-refractivity contribution < 1.29 is 0 Å². The molecule has 2 rings (SSSR count). The second-order valence-electron chi connectivity index (χ2n) is 3.45. The van der Waals surface area contributed by atoms with Crippen LogP contribution in [0.3, 0.4) is 0 Å². The van der Waals surface area contributed by atoms with E-state index in [1.165, 1.54) is 0 Å². The van der Waals surface area contributed by atoms with Crippen LogP contribution in [0.4, 0.5) is 5.69 Å². The highest BCUT2D eigenvalue weighted by atomic mass is 35.5. The number of nitrogen functional groups attached to an aromatic ring is 1. The van der Waals surface area contributed by atoms with Crippen molar-refractivity contribution in [1.82, 2.24) is 4.98 Å². The molecule has 2 nitrogen and oxygen atoms in total. The van der Waals surface area contributed by atoms with Crippen molar-refractivity contribution in [2.75, 3.05) is 5.73 Å². The van der Waals surface area contributed by atoms with Crippen molar-refractivity contribution in [2.45, 2.75) is 10.6 Å². The smallest absolute Gasteiger partial charge is 0.0629 e. The summed E-state index contributed by atoms with van der Waals surface area (Å²) in [7, 11) is 0. The zero-order chi connectivity index (χ0) is 12.3. The molecule has 5 heteroatoms. The van der Waals surface area contributed by atoms with Crippen LogP contribution in [0, 0.1) is 0 Å². The van der Waals surface area contributed by atoms with Crippen LogP contribution in [-0.4, -0.2) is 4.98 Å². The molecule has 0 aliphatic carbocycles. The van der Waals surface area contributed by atoms with Crippen molar-refractivity contribution in [3.8, 4) is 0 Å². The van der Waals surface area contributed by atoms with Gasteiger partial charge in [-0.2, -0.15) is 0 Å². The molecule has 0 atom stereocenters. The fraction of sp³-hybridized carbons (Fsp3) is 0.0833. The summed E-state index contributed by atoms with van der Waals surface area (Å²) in [5.41, 5.74) is 7.46. The van der Waals surface area contributed by atoms with Gasteiger partial charge in [0, 0.05) is 28.7 Å². The monoisotopic (exact) mass is 284 g/mol. The summed E-state index contributed by atoms with van der Waals surface area (Å²) in [6.07, 6.45) is 3.36. The van der Waals surface area contributed by atoms with E-state index in [1.54, 1.807) is 36.3 Å². The number of anilines is 1. The van der Waals surface area contributed by atoms with Crippen LogP contribution in [0.25, 0.3) is 0 Å². The first-order valence-corrected chi connectivity index (χ1v) is 6.67. The number of halogens is 2. The van der Waals surface area contributed by atoms with Crippen LogP contribution in [0.15, 0.2) is 41.6 Å². The molecule has 0 bridgehead atoms. The predicted molar refractivity (Wildman–Crippen MR) is 74.7 cm³/mol. The lowest BCUT2D eigenvalue weighted by molar-refractivity contribution is 1.27. The van der Waals surface area contributed by atoms with E-state index in [4.69, 9.17) is 28.9 Å². The summed E-state index contributed by atoms with van der Waals surface area (Å²) in [6.45, 7) is 0. The van der Waals surface area contributed by atoms with Gasteiger partial charge in [-0.1, -0.05) is 23.2 Å². The van der Waals surface area contributed by atoms with Gasteiger partial charge in [-0.05, 0) is 29.8 Å². The highest BCUT2D eigenvalue weighted by Crippen LogP contribution is 2.32. The number of thioether (sulfide) groups is 1. The Labute approximate surface area is 114 Å². The third-order valence-electron chi connectivity index (χ3n) is 2.19. The molecule has 1 aromatic carbocycles. The first-order valence-electron chi connectivity index (χ1n) is 4.93. The minimum atomic E-state index is 0.667. The van der Waals surface area contributed by atoms with Crippen LogP contribution in [0.5, 0.6) is 0 Å². The van der Waals surface area contributed by atoms with Crippen molar-refractivity contribution in [1.29, 1.82) is 0 Å². The van der Waals surface area contributed by atoms with E-state index in [2.05, 4.69) is 4.98 Å². The maximum absolute atomic E-state index is 6.08. The van der Waals surface area contributed by atoms with Gasteiger partial charge in [0.15, 0.2) is 0 Å². The Morgan fingerprint density at radius 3 is 2.76 bits per heavy atom. The van der Waals surface area contributed by atoms with Gasteiger partial charge in [0.25, 0.3) is 0 Å². The summed E-state index contributed by atoms with van der Waals surface area (Å²) in [4.78, 5) is 4.90. The Balaban J connectivity index is 2.12. The standard InChI is InChI=1S/C12H10Cl2N2S/c13-10-2-1-9(15)5-12(10)17-7-8-3-4-16-6-11(8)14/h1-6H,7,15H2. The first kappa shape index (κ1) is 12.6. The molecule has 88 valence electrons. The summed E-state index contributed by atoms with van der Waals surface area (Å²) >= 11 is 13.7. The largest absolute Gasteiger partial charge is 0.399 e. The van der Waals surface area contributed by atoms with Crippen LogP contribution in [0.1, 0.15) is 5.56 Å². The number of nitrogens with two attached hydrogens (primary N) is 1. The topological polar surface area (TPSA) is 38.9 Å². The molecule has 1 aromatic heterocycles. The van der Waals surface area contributed by atoms with Gasteiger partial charge < -0.3 is 5.73 Å². The first-order chi connectivity index (χ1) is 8.16. The zero-order valence-corrected chi connectivity index (χ0v) is 11.2. The highest BCUT2D eigenvalue weighted by molar-refractivity contribution is 7.98. The molecule has 1 heterocycles. The number of rotatable bonds is 3. The third-order valence-corrected chi connectivity index (χ3v) is 4.08. The predicted octanol–water partition coefficient (Wildman–Crippen LogP) is 4.26. The van der Waals surface area contributed by atoms with Crippen molar-refractivity contribution in [3.05, 3.63) is 52.3 Å². The zero-order valence-electron chi connectivity index (χ0n) is 8.86. The number of aromatic nitrogens is 1. The number of hydrogen-bond acceptors (Lipinski definition) is 3. The van der Waals surface area contributed by atoms with E-state index < -0.39 is 0 Å². The molecule has 0 aliphatic rings. The molecule has 0 spiro atoms. The Morgan fingerprint density at radius 2 is 2.00 bits per heavy atom.